The summed E-state index contributed by atoms with van der Waals surface area (Å²) >= 11 is 6.01. The first-order valence-electron chi connectivity index (χ1n) is 13.5. The topological polar surface area (TPSA) is 119 Å². The summed E-state index contributed by atoms with van der Waals surface area (Å²) in [6, 6.07) is 6.96. The second-order valence-electron chi connectivity index (χ2n) is 11.3. The van der Waals surface area contributed by atoms with E-state index in [1.807, 2.05) is 0 Å². The number of fused-ring (bicyclic) bond motifs is 1. The minimum Gasteiger partial charge on any atom is -0.444 e. The number of carbonyl (C=O) groups is 3. The van der Waals surface area contributed by atoms with E-state index in [0.29, 0.717) is 30.2 Å². The molecule has 2 aliphatic rings. The molecule has 4 rings (SSSR count). The lowest BCUT2D eigenvalue weighted by Gasteiger charge is -2.27. The lowest BCUT2D eigenvalue weighted by Crippen LogP contribution is -2.51. The number of amides is 2. The van der Waals surface area contributed by atoms with Crippen LogP contribution < -0.4 is 10.2 Å². The number of hydrogen-bond acceptors (Lipinski definition) is 7. The van der Waals surface area contributed by atoms with Gasteiger partial charge in [0.15, 0.2) is 15.6 Å². The molecule has 1 saturated heterocycles. The van der Waals surface area contributed by atoms with Gasteiger partial charge >= 0.3 is 6.09 Å². The summed E-state index contributed by atoms with van der Waals surface area (Å²) < 4.78 is 52.9. The molecule has 0 spiro atoms. The Bertz CT molecular complexity index is 1420. The van der Waals surface area contributed by atoms with Gasteiger partial charge in [-0.2, -0.15) is 0 Å². The van der Waals surface area contributed by atoms with E-state index in [-0.39, 0.29) is 30.1 Å². The smallest absolute Gasteiger partial charge is 0.408 e. The van der Waals surface area contributed by atoms with E-state index in [4.69, 9.17) is 21.1 Å². The van der Waals surface area contributed by atoms with Crippen molar-refractivity contribution < 1.29 is 36.7 Å². The van der Waals surface area contributed by atoms with E-state index in [2.05, 4.69) is 5.32 Å². The third kappa shape index (κ3) is 7.84. The SMILES string of the molecule is CC(C)(C)OC(=O)N[C@H]1CS(=O)(=O)c2cc(F)c(C(=O)CCC3CCOCC3)cc2N(Cc2ccc(Cl)cc2)C1=O. The second-order valence-corrected chi connectivity index (χ2v) is 13.8. The number of nitrogens with one attached hydrogen (secondary N) is 1. The predicted octanol–water partition coefficient (Wildman–Crippen LogP) is 5.08. The number of benzene rings is 2. The largest absolute Gasteiger partial charge is 0.444 e. The molecule has 1 fully saturated rings. The molecule has 0 aliphatic carbocycles. The highest BCUT2D eigenvalue weighted by Crippen LogP contribution is 2.35. The minimum atomic E-state index is -4.30. The van der Waals surface area contributed by atoms with Gasteiger partial charge in [0, 0.05) is 24.7 Å². The van der Waals surface area contributed by atoms with Crippen LogP contribution in [-0.4, -0.2) is 56.8 Å². The quantitative estimate of drug-likeness (QED) is 0.435. The Morgan fingerprint density at radius 1 is 1.15 bits per heavy atom. The molecule has 2 aromatic rings. The predicted molar refractivity (Wildman–Crippen MR) is 151 cm³/mol. The van der Waals surface area contributed by atoms with Crippen LogP contribution in [0.15, 0.2) is 41.3 Å². The van der Waals surface area contributed by atoms with Gasteiger partial charge in [0.1, 0.15) is 17.5 Å². The molecule has 9 nitrogen and oxygen atoms in total. The van der Waals surface area contributed by atoms with Gasteiger partial charge in [-0.1, -0.05) is 23.7 Å². The van der Waals surface area contributed by atoms with Gasteiger partial charge in [-0.05, 0) is 75.8 Å². The lowest BCUT2D eigenvalue weighted by atomic mass is 9.92. The first-order chi connectivity index (χ1) is 19.2. The Morgan fingerprint density at radius 2 is 1.80 bits per heavy atom. The summed E-state index contributed by atoms with van der Waals surface area (Å²) in [5.41, 5.74) is -0.723. The maximum absolute atomic E-state index is 15.3. The van der Waals surface area contributed by atoms with Crippen LogP contribution in [0, 0.1) is 11.7 Å². The Kier molecular flexibility index (Phi) is 9.40. The van der Waals surface area contributed by atoms with E-state index in [1.165, 1.54) is 0 Å². The van der Waals surface area contributed by atoms with Crippen molar-refractivity contribution >= 4 is 44.9 Å². The fraction of sp³-hybridized carbons (Fsp3) is 0.483. The number of alkyl carbamates (subject to hydrolysis) is 1. The molecular weight excluding hydrogens is 575 g/mol. The summed E-state index contributed by atoms with van der Waals surface area (Å²) in [4.78, 5) is 40.3. The zero-order chi connectivity index (χ0) is 29.9. The highest BCUT2D eigenvalue weighted by molar-refractivity contribution is 7.91. The van der Waals surface area contributed by atoms with E-state index in [9.17, 15) is 22.8 Å². The van der Waals surface area contributed by atoms with Crippen molar-refractivity contribution in [3.63, 3.8) is 0 Å². The Morgan fingerprint density at radius 3 is 2.44 bits per heavy atom. The molecule has 41 heavy (non-hydrogen) atoms. The average molecular weight is 609 g/mol. The maximum atomic E-state index is 15.3. The van der Waals surface area contributed by atoms with Crippen molar-refractivity contribution in [2.45, 2.75) is 69.5 Å². The van der Waals surface area contributed by atoms with Crippen LogP contribution in [0.5, 0.6) is 0 Å². The summed E-state index contributed by atoms with van der Waals surface area (Å²) in [7, 11) is -4.30. The van der Waals surface area contributed by atoms with Crippen molar-refractivity contribution in [2.75, 3.05) is 23.9 Å². The van der Waals surface area contributed by atoms with E-state index >= 15 is 4.39 Å². The molecule has 2 amide bonds. The van der Waals surface area contributed by atoms with Gasteiger partial charge in [-0.3, -0.25) is 9.59 Å². The van der Waals surface area contributed by atoms with Crippen molar-refractivity contribution in [2.24, 2.45) is 5.92 Å². The van der Waals surface area contributed by atoms with E-state index in [0.717, 1.165) is 29.9 Å². The van der Waals surface area contributed by atoms with Crippen LogP contribution in [0.4, 0.5) is 14.9 Å². The molecule has 0 saturated carbocycles. The molecule has 1 N–H and O–H groups in total. The second kappa shape index (κ2) is 12.5. The Balaban J connectivity index is 1.72. The summed E-state index contributed by atoms with van der Waals surface area (Å²) in [5, 5.41) is 2.83. The molecule has 222 valence electrons. The molecule has 2 aromatic carbocycles. The third-order valence-corrected chi connectivity index (χ3v) is 9.01. The van der Waals surface area contributed by atoms with Gasteiger partial charge in [0.2, 0.25) is 0 Å². The number of sulfone groups is 1. The van der Waals surface area contributed by atoms with Gasteiger partial charge in [-0.25, -0.2) is 17.6 Å². The minimum absolute atomic E-state index is 0.0705. The molecular formula is C29H34ClFN2O7S. The number of rotatable bonds is 7. The van der Waals surface area contributed by atoms with Crippen LogP contribution in [0.1, 0.15) is 62.4 Å². The van der Waals surface area contributed by atoms with Crippen LogP contribution in [0.25, 0.3) is 0 Å². The van der Waals surface area contributed by atoms with Crippen LogP contribution >= 0.6 is 11.6 Å². The number of anilines is 1. The van der Waals surface area contributed by atoms with Crippen molar-refractivity contribution in [3.8, 4) is 0 Å². The number of Topliss-reactive ketones (excluding diaryl/α,β-unsaturated/α-hetero) is 1. The summed E-state index contributed by atoms with van der Waals surface area (Å²) in [6.07, 6.45) is 1.27. The molecule has 0 radical (unpaired) electrons. The highest BCUT2D eigenvalue weighted by atomic mass is 35.5. The number of nitrogens with zero attached hydrogens (tertiary/aromatic N) is 1. The molecule has 12 heteroatoms. The first-order valence-corrected chi connectivity index (χ1v) is 15.5. The van der Waals surface area contributed by atoms with Crippen LogP contribution in [0.3, 0.4) is 0 Å². The van der Waals surface area contributed by atoms with Crippen molar-refractivity contribution in [3.05, 3.63) is 58.4 Å². The normalized spacial score (nSPS) is 19.3. The van der Waals surface area contributed by atoms with Crippen LogP contribution in [-0.2, 0) is 30.7 Å². The molecule has 2 aliphatic heterocycles. The van der Waals surface area contributed by atoms with Crippen molar-refractivity contribution in [1.29, 1.82) is 0 Å². The third-order valence-electron chi connectivity index (χ3n) is 6.99. The standard InChI is InChI=1S/C29H34ClFN2O7S/c1-29(2,3)40-28(36)32-23-17-41(37,38)26-15-22(31)21(25(34)9-6-18-10-12-39-13-11-18)14-24(26)33(27(23)35)16-19-4-7-20(30)8-5-19/h4-5,7-8,14-15,18,23H,6,9-13,16-17H2,1-3H3,(H,32,36)/t23-/m0/s1. The van der Waals surface area contributed by atoms with E-state index in [1.54, 1.807) is 45.0 Å². The van der Waals surface area contributed by atoms with Gasteiger partial charge in [-0.15, -0.1) is 0 Å². The molecule has 2 heterocycles. The zero-order valence-corrected chi connectivity index (χ0v) is 24.8. The number of hydrogen-bond donors (Lipinski definition) is 1. The van der Waals surface area contributed by atoms with E-state index < -0.39 is 55.7 Å². The van der Waals surface area contributed by atoms with Gasteiger partial charge in [0.25, 0.3) is 5.91 Å². The number of ketones is 1. The average Bonchev–Trinajstić information content (AvgIpc) is 2.96. The van der Waals surface area contributed by atoms with Gasteiger partial charge < -0.3 is 19.7 Å². The lowest BCUT2D eigenvalue weighted by molar-refractivity contribution is -0.120. The molecule has 1 atom stereocenters. The molecule has 0 aromatic heterocycles. The number of ether oxygens (including phenoxy) is 2. The number of halogens is 2. The zero-order valence-electron chi connectivity index (χ0n) is 23.2. The molecule has 0 bridgehead atoms. The Hall–Kier alpha value is -3.02. The van der Waals surface area contributed by atoms with Gasteiger partial charge in [0.05, 0.1) is 28.4 Å². The number of carbonyl (C=O) groups excluding carboxylic acids is 3. The highest BCUT2D eigenvalue weighted by Gasteiger charge is 2.40. The van der Waals surface area contributed by atoms with Crippen molar-refractivity contribution in [1.82, 2.24) is 5.32 Å². The maximum Gasteiger partial charge on any atom is 0.408 e. The fourth-order valence-corrected chi connectivity index (χ4v) is 6.64. The first kappa shape index (κ1) is 30.9. The Labute approximate surface area is 244 Å². The molecule has 0 unspecified atom stereocenters. The summed E-state index contributed by atoms with van der Waals surface area (Å²) in [5.74, 6) is -2.76. The monoisotopic (exact) mass is 608 g/mol. The fourth-order valence-electron chi connectivity index (χ4n) is 4.90. The van der Waals surface area contributed by atoms with Crippen LogP contribution in [0.2, 0.25) is 5.02 Å². The summed E-state index contributed by atoms with van der Waals surface area (Å²) in [6.45, 7) is 6.00.